The second kappa shape index (κ2) is 5.34. The maximum Gasteiger partial charge on any atom is 0.433 e. The molecule has 1 heterocycles. The number of hydrogen-bond acceptors (Lipinski definition) is 4. The van der Waals surface area contributed by atoms with Crippen molar-refractivity contribution in [3.05, 3.63) is 28.5 Å². The molecule has 0 amide bonds. The highest BCUT2D eigenvalue weighted by atomic mass is 35.5. The fourth-order valence-corrected chi connectivity index (χ4v) is 1.30. The van der Waals surface area contributed by atoms with E-state index in [-0.39, 0.29) is 6.61 Å². The molecule has 1 aromatic heterocycles. The number of alkyl halides is 3. The number of carbonyl (C=O) groups excluding carboxylic acids is 2. The first-order chi connectivity index (χ1) is 8.25. The Labute approximate surface area is 105 Å². The Kier molecular flexibility index (Phi) is 4.28. The fourth-order valence-electron chi connectivity index (χ4n) is 1.09. The summed E-state index contributed by atoms with van der Waals surface area (Å²) in [7, 11) is 0. The van der Waals surface area contributed by atoms with Crippen molar-refractivity contribution in [3.63, 3.8) is 0 Å². The standard InChI is InChI=1S/C10H7ClF3NO3/c1-2-18-9(17)8(16)5-3-6(10(12,13)14)15-7(11)4-5/h3-4H,2H2,1H3. The number of ether oxygens (including phenoxy) is 1. The summed E-state index contributed by atoms with van der Waals surface area (Å²) >= 11 is 5.37. The zero-order valence-electron chi connectivity index (χ0n) is 9.05. The van der Waals surface area contributed by atoms with Gasteiger partial charge in [0.05, 0.1) is 6.61 Å². The highest BCUT2D eigenvalue weighted by Gasteiger charge is 2.34. The number of Topliss-reactive ketones (excluding diaryl/α,β-unsaturated/α-hetero) is 1. The van der Waals surface area contributed by atoms with Crippen LogP contribution in [-0.2, 0) is 15.7 Å². The van der Waals surface area contributed by atoms with E-state index >= 15 is 0 Å². The number of rotatable bonds is 3. The summed E-state index contributed by atoms with van der Waals surface area (Å²) in [5.74, 6) is -2.44. The monoisotopic (exact) mass is 281 g/mol. The number of pyridine rings is 1. The van der Waals surface area contributed by atoms with E-state index in [1.54, 1.807) is 0 Å². The van der Waals surface area contributed by atoms with Crippen LogP contribution in [0.15, 0.2) is 12.1 Å². The lowest BCUT2D eigenvalue weighted by Gasteiger charge is -2.08. The van der Waals surface area contributed by atoms with Crippen molar-refractivity contribution in [1.29, 1.82) is 0 Å². The molecule has 0 radical (unpaired) electrons. The van der Waals surface area contributed by atoms with Gasteiger partial charge in [0.2, 0.25) is 0 Å². The first kappa shape index (κ1) is 14.4. The first-order valence-electron chi connectivity index (χ1n) is 4.72. The maximum atomic E-state index is 12.4. The van der Waals surface area contributed by atoms with Crippen LogP contribution in [0.2, 0.25) is 5.15 Å². The normalized spacial score (nSPS) is 11.2. The molecule has 98 valence electrons. The highest BCUT2D eigenvalue weighted by Crippen LogP contribution is 2.29. The molecule has 0 atom stereocenters. The molecular weight excluding hydrogens is 275 g/mol. The van der Waals surface area contributed by atoms with Crippen LogP contribution in [-0.4, -0.2) is 23.3 Å². The molecule has 4 nitrogen and oxygen atoms in total. The first-order valence-corrected chi connectivity index (χ1v) is 5.09. The predicted molar refractivity (Wildman–Crippen MR) is 55.2 cm³/mol. The van der Waals surface area contributed by atoms with Gasteiger partial charge in [0.15, 0.2) is 0 Å². The summed E-state index contributed by atoms with van der Waals surface area (Å²) in [6, 6.07) is 1.32. The lowest BCUT2D eigenvalue weighted by molar-refractivity contribution is -0.141. The van der Waals surface area contributed by atoms with Gasteiger partial charge in [-0.2, -0.15) is 13.2 Å². The van der Waals surface area contributed by atoms with E-state index in [4.69, 9.17) is 11.6 Å². The second-order valence-electron chi connectivity index (χ2n) is 3.11. The van der Waals surface area contributed by atoms with Gasteiger partial charge in [-0.25, -0.2) is 9.78 Å². The Morgan fingerprint density at radius 2 is 2.00 bits per heavy atom. The lowest BCUT2D eigenvalue weighted by Crippen LogP contribution is -2.19. The largest absolute Gasteiger partial charge is 0.460 e. The van der Waals surface area contributed by atoms with Crippen molar-refractivity contribution >= 4 is 23.4 Å². The van der Waals surface area contributed by atoms with Crippen LogP contribution in [0.3, 0.4) is 0 Å². The van der Waals surface area contributed by atoms with Gasteiger partial charge >= 0.3 is 12.1 Å². The Balaban J connectivity index is 3.14. The van der Waals surface area contributed by atoms with Crippen LogP contribution in [0.1, 0.15) is 23.0 Å². The van der Waals surface area contributed by atoms with Crippen molar-refractivity contribution in [2.45, 2.75) is 13.1 Å². The molecule has 0 N–H and O–H groups in total. The Hall–Kier alpha value is -1.63. The van der Waals surface area contributed by atoms with E-state index < -0.39 is 34.3 Å². The van der Waals surface area contributed by atoms with E-state index in [0.717, 1.165) is 6.07 Å². The number of hydrogen-bond donors (Lipinski definition) is 0. The molecule has 0 saturated heterocycles. The molecule has 8 heteroatoms. The summed E-state index contributed by atoms with van der Waals surface area (Å²) in [6.07, 6.45) is -4.76. The fraction of sp³-hybridized carbons (Fsp3) is 0.300. The van der Waals surface area contributed by atoms with E-state index in [1.807, 2.05) is 0 Å². The van der Waals surface area contributed by atoms with Crippen LogP contribution in [0.25, 0.3) is 0 Å². The van der Waals surface area contributed by atoms with Crippen LogP contribution in [0.4, 0.5) is 13.2 Å². The molecule has 0 aliphatic rings. The van der Waals surface area contributed by atoms with E-state index in [0.29, 0.717) is 6.07 Å². The van der Waals surface area contributed by atoms with Gasteiger partial charge in [-0.15, -0.1) is 0 Å². The van der Waals surface area contributed by atoms with E-state index in [1.165, 1.54) is 6.92 Å². The van der Waals surface area contributed by atoms with Crippen molar-refractivity contribution in [1.82, 2.24) is 4.98 Å². The molecule has 0 aliphatic carbocycles. The van der Waals surface area contributed by atoms with Crippen molar-refractivity contribution in [3.8, 4) is 0 Å². The molecule has 0 bridgehead atoms. The number of halogens is 4. The molecule has 0 unspecified atom stereocenters. The zero-order chi connectivity index (χ0) is 13.9. The molecular formula is C10H7ClF3NO3. The number of esters is 1. The Morgan fingerprint density at radius 3 is 2.50 bits per heavy atom. The molecule has 0 fully saturated rings. The minimum Gasteiger partial charge on any atom is -0.460 e. The van der Waals surface area contributed by atoms with Gasteiger partial charge in [0.25, 0.3) is 5.78 Å². The smallest absolute Gasteiger partial charge is 0.433 e. The van der Waals surface area contributed by atoms with Gasteiger partial charge in [-0.05, 0) is 19.1 Å². The van der Waals surface area contributed by atoms with Crippen LogP contribution < -0.4 is 0 Å². The third-order valence-electron chi connectivity index (χ3n) is 1.81. The highest BCUT2D eigenvalue weighted by molar-refractivity contribution is 6.41. The van der Waals surface area contributed by atoms with Crippen molar-refractivity contribution < 1.29 is 27.5 Å². The van der Waals surface area contributed by atoms with Crippen LogP contribution in [0, 0.1) is 0 Å². The van der Waals surface area contributed by atoms with Gasteiger partial charge < -0.3 is 4.74 Å². The number of ketones is 1. The minimum atomic E-state index is -4.76. The number of nitrogens with zero attached hydrogens (tertiary/aromatic N) is 1. The van der Waals surface area contributed by atoms with Gasteiger partial charge in [-0.3, -0.25) is 4.79 Å². The maximum absolute atomic E-state index is 12.4. The quantitative estimate of drug-likeness (QED) is 0.370. The molecule has 0 spiro atoms. The average molecular weight is 282 g/mol. The summed E-state index contributed by atoms with van der Waals surface area (Å²) < 4.78 is 41.6. The molecule has 0 aliphatic heterocycles. The lowest BCUT2D eigenvalue weighted by atomic mass is 10.1. The molecule has 18 heavy (non-hydrogen) atoms. The van der Waals surface area contributed by atoms with E-state index in [9.17, 15) is 22.8 Å². The zero-order valence-corrected chi connectivity index (χ0v) is 9.80. The van der Waals surface area contributed by atoms with Crippen LogP contribution >= 0.6 is 11.6 Å². The molecule has 1 aromatic rings. The summed E-state index contributed by atoms with van der Waals surface area (Å²) in [5.41, 5.74) is -1.86. The van der Waals surface area contributed by atoms with Gasteiger partial charge in [0.1, 0.15) is 10.8 Å². The van der Waals surface area contributed by atoms with Crippen molar-refractivity contribution in [2.75, 3.05) is 6.61 Å². The molecule has 0 saturated carbocycles. The van der Waals surface area contributed by atoms with Gasteiger partial charge in [0, 0.05) is 5.56 Å². The third kappa shape index (κ3) is 3.43. The Morgan fingerprint density at radius 1 is 1.39 bits per heavy atom. The average Bonchev–Trinajstić information content (AvgIpc) is 2.26. The summed E-state index contributed by atoms with van der Waals surface area (Å²) in [4.78, 5) is 25.6. The SMILES string of the molecule is CCOC(=O)C(=O)c1cc(Cl)nc(C(F)(F)F)c1. The van der Waals surface area contributed by atoms with Crippen LogP contribution in [0.5, 0.6) is 0 Å². The minimum absolute atomic E-state index is 0.0600. The second-order valence-corrected chi connectivity index (χ2v) is 3.50. The molecule has 0 aromatic carbocycles. The predicted octanol–water partition coefficient (Wildman–Crippen LogP) is 2.50. The topological polar surface area (TPSA) is 56.3 Å². The Bertz CT molecular complexity index is 488. The van der Waals surface area contributed by atoms with E-state index in [2.05, 4.69) is 9.72 Å². The number of carbonyl (C=O) groups is 2. The third-order valence-corrected chi connectivity index (χ3v) is 2.00. The number of aromatic nitrogens is 1. The summed E-state index contributed by atoms with van der Waals surface area (Å²) in [5, 5.41) is -0.530. The summed E-state index contributed by atoms with van der Waals surface area (Å²) in [6.45, 7) is 1.40. The van der Waals surface area contributed by atoms with Gasteiger partial charge in [-0.1, -0.05) is 11.6 Å². The molecule has 1 rings (SSSR count). The van der Waals surface area contributed by atoms with Crippen molar-refractivity contribution in [2.24, 2.45) is 0 Å².